The Morgan fingerprint density at radius 2 is 2.07 bits per heavy atom. The molecule has 4 nitrogen and oxygen atoms in total. The van der Waals surface area contributed by atoms with Gasteiger partial charge >= 0.3 is 0 Å². The molecule has 1 atom stereocenters. The zero-order valence-electron chi connectivity index (χ0n) is 16.8. The van der Waals surface area contributed by atoms with Crippen molar-refractivity contribution in [3.05, 3.63) is 35.0 Å². The van der Waals surface area contributed by atoms with E-state index < -0.39 is 0 Å². The van der Waals surface area contributed by atoms with Gasteiger partial charge in [0.25, 0.3) is 5.91 Å². The summed E-state index contributed by atoms with van der Waals surface area (Å²) >= 11 is 0. The van der Waals surface area contributed by atoms with Crippen molar-refractivity contribution in [2.75, 3.05) is 19.6 Å². The van der Waals surface area contributed by atoms with Gasteiger partial charge in [0.15, 0.2) is 0 Å². The highest BCUT2D eigenvalue weighted by atomic mass is 16.1. The summed E-state index contributed by atoms with van der Waals surface area (Å²) < 4.78 is 0. The minimum Gasteiger partial charge on any atom is -0.358 e. The predicted octanol–water partition coefficient (Wildman–Crippen LogP) is 4.29. The number of para-hydroxylation sites is 1. The highest BCUT2D eigenvalue weighted by Gasteiger charge is 2.24. The van der Waals surface area contributed by atoms with Crippen LogP contribution in [0, 0.1) is 5.92 Å². The number of rotatable bonds is 5. The largest absolute Gasteiger partial charge is 0.358 e. The van der Waals surface area contributed by atoms with E-state index >= 15 is 0 Å². The van der Waals surface area contributed by atoms with Crippen LogP contribution < -0.4 is 5.32 Å². The van der Waals surface area contributed by atoms with E-state index in [0.29, 0.717) is 6.04 Å². The first kappa shape index (κ1) is 18.5. The number of aryl methyl sites for hydroxylation is 1. The van der Waals surface area contributed by atoms with Crippen LogP contribution in [-0.4, -0.2) is 41.5 Å². The monoisotopic (exact) mass is 367 g/mol. The van der Waals surface area contributed by atoms with Crippen molar-refractivity contribution in [2.45, 2.75) is 64.8 Å². The molecule has 1 aromatic carbocycles. The molecule has 1 amide bonds. The van der Waals surface area contributed by atoms with E-state index in [1.807, 2.05) is 12.1 Å². The van der Waals surface area contributed by atoms with E-state index in [2.05, 4.69) is 35.1 Å². The summed E-state index contributed by atoms with van der Waals surface area (Å²) in [6.07, 6.45) is 8.10. The molecule has 1 fully saturated rings. The maximum absolute atomic E-state index is 13.0. The fraction of sp³-hybridized carbons (Fsp3) is 0.609. The Morgan fingerprint density at radius 3 is 2.85 bits per heavy atom. The van der Waals surface area contributed by atoms with Crippen LogP contribution in [0.1, 0.15) is 67.6 Å². The molecule has 0 spiro atoms. The van der Waals surface area contributed by atoms with Crippen LogP contribution >= 0.6 is 0 Å². The Balaban J connectivity index is 1.46. The molecule has 0 saturated carbocycles. The molecule has 1 saturated heterocycles. The lowest BCUT2D eigenvalue weighted by molar-refractivity contribution is 0.0912. The molecule has 2 aromatic rings. The van der Waals surface area contributed by atoms with Crippen molar-refractivity contribution in [1.82, 2.24) is 15.2 Å². The predicted molar refractivity (Wildman–Crippen MR) is 111 cm³/mol. The van der Waals surface area contributed by atoms with Gasteiger partial charge in [-0.25, -0.2) is 0 Å². The highest BCUT2D eigenvalue weighted by Crippen LogP contribution is 2.33. The minimum absolute atomic E-state index is 0.0826. The minimum atomic E-state index is 0.0826. The van der Waals surface area contributed by atoms with E-state index in [9.17, 15) is 4.79 Å². The first-order valence-corrected chi connectivity index (χ1v) is 10.8. The van der Waals surface area contributed by atoms with Crippen molar-refractivity contribution < 1.29 is 4.79 Å². The van der Waals surface area contributed by atoms with Gasteiger partial charge in [0.05, 0.1) is 11.1 Å². The van der Waals surface area contributed by atoms with Crippen LogP contribution in [0.4, 0.5) is 0 Å². The third-order valence-electron chi connectivity index (χ3n) is 6.46. The van der Waals surface area contributed by atoms with Crippen molar-refractivity contribution in [2.24, 2.45) is 5.92 Å². The molecule has 146 valence electrons. The smallest absolute Gasteiger partial charge is 0.253 e. The maximum atomic E-state index is 13.0. The number of nitrogens with one attached hydrogen (secondary N) is 2. The standard InChI is InChI=1S/C23H33N3O/c1-3-4-12-26-13-10-17(11-14-26)24-23(27)19-7-5-6-18-20-15-16(2)8-9-21(20)25-22(18)19/h5-7,16-17,25H,3-4,8-15H2,1-2H3,(H,24,27). The summed E-state index contributed by atoms with van der Waals surface area (Å²) in [6, 6.07) is 6.48. The van der Waals surface area contributed by atoms with Crippen LogP contribution in [0.25, 0.3) is 10.9 Å². The van der Waals surface area contributed by atoms with Gasteiger partial charge in [0.2, 0.25) is 0 Å². The van der Waals surface area contributed by atoms with Crippen molar-refractivity contribution in [1.29, 1.82) is 0 Å². The Hall–Kier alpha value is -1.81. The molecular weight excluding hydrogens is 334 g/mol. The first-order chi connectivity index (χ1) is 13.2. The van der Waals surface area contributed by atoms with Crippen molar-refractivity contribution in [3.8, 4) is 0 Å². The zero-order valence-corrected chi connectivity index (χ0v) is 16.8. The van der Waals surface area contributed by atoms with Gasteiger partial charge in [0.1, 0.15) is 0 Å². The molecule has 0 bridgehead atoms. The summed E-state index contributed by atoms with van der Waals surface area (Å²) in [6.45, 7) is 7.97. The summed E-state index contributed by atoms with van der Waals surface area (Å²) in [5, 5.41) is 4.56. The number of amides is 1. The second-order valence-electron chi connectivity index (χ2n) is 8.60. The molecule has 1 aliphatic carbocycles. The quantitative estimate of drug-likeness (QED) is 0.828. The van der Waals surface area contributed by atoms with E-state index in [1.54, 1.807) is 0 Å². The van der Waals surface area contributed by atoms with Crippen LogP contribution in [0.5, 0.6) is 0 Å². The van der Waals surface area contributed by atoms with Gasteiger partial charge in [-0.05, 0) is 62.6 Å². The van der Waals surface area contributed by atoms with E-state index in [-0.39, 0.29) is 5.91 Å². The van der Waals surface area contributed by atoms with Gasteiger partial charge < -0.3 is 15.2 Å². The summed E-state index contributed by atoms with van der Waals surface area (Å²) in [4.78, 5) is 19.1. The summed E-state index contributed by atoms with van der Waals surface area (Å²) in [7, 11) is 0. The number of benzene rings is 1. The summed E-state index contributed by atoms with van der Waals surface area (Å²) in [5.41, 5.74) is 4.62. The van der Waals surface area contributed by atoms with Crippen molar-refractivity contribution in [3.63, 3.8) is 0 Å². The number of carbonyl (C=O) groups is 1. The number of carbonyl (C=O) groups excluding carboxylic acids is 1. The Morgan fingerprint density at radius 1 is 1.26 bits per heavy atom. The second kappa shape index (κ2) is 8.05. The fourth-order valence-electron chi connectivity index (χ4n) is 4.75. The van der Waals surface area contributed by atoms with E-state index in [1.165, 1.54) is 42.5 Å². The van der Waals surface area contributed by atoms with Crippen molar-refractivity contribution >= 4 is 16.8 Å². The topological polar surface area (TPSA) is 48.1 Å². The molecule has 2 N–H and O–H groups in total. The molecule has 1 aliphatic heterocycles. The molecular formula is C23H33N3O. The summed E-state index contributed by atoms with van der Waals surface area (Å²) in [5.74, 6) is 0.811. The van der Waals surface area contributed by atoms with Crippen LogP contribution in [0.15, 0.2) is 18.2 Å². The Labute approximate surface area is 162 Å². The first-order valence-electron chi connectivity index (χ1n) is 10.8. The number of unbranched alkanes of at least 4 members (excludes halogenated alkanes) is 1. The highest BCUT2D eigenvalue weighted by molar-refractivity contribution is 6.07. The van der Waals surface area contributed by atoms with Gasteiger partial charge in [-0.1, -0.05) is 32.4 Å². The van der Waals surface area contributed by atoms with Gasteiger partial charge in [0, 0.05) is 30.2 Å². The maximum Gasteiger partial charge on any atom is 0.253 e. The van der Waals surface area contributed by atoms with Gasteiger partial charge in [-0.3, -0.25) is 4.79 Å². The lowest BCUT2D eigenvalue weighted by atomic mass is 9.87. The lowest BCUT2D eigenvalue weighted by Gasteiger charge is -2.32. The van der Waals surface area contributed by atoms with Gasteiger partial charge in [-0.2, -0.15) is 0 Å². The Bertz CT molecular complexity index is 801. The fourth-order valence-corrected chi connectivity index (χ4v) is 4.75. The average Bonchev–Trinajstić information content (AvgIpc) is 3.05. The number of nitrogens with zero attached hydrogens (tertiary/aromatic N) is 1. The number of likely N-dealkylation sites (tertiary alicyclic amines) is 1. The number of piperidine rings is 1. The molecule has 0 radical (unpaired) electrons. The van der Waals surface area contributed by atoms with E-state index in [4.69, 9.17) is 0 Å². The molecule has 2 heterocycles. The zero-order chi connectivity index (χ0) is 18.8. The molecule has 27 heavy (non-hydrogen) atoms. The molecule has 1 aromatic heterocycles. The lowest BCUT2D eigenvalue weighted by Crippen LogP contribution is -2.44. The number of hydrogen-bond acceptors (Lipinski definition) is 2. The third-order valence-corrected chi connectivity index (χ3v) is 6.46. The van der Waals surface area contributed by atoms with Crippen LogP contribution in [0.3, 0.4) is 0 Å². The number of aromatic nitrogens is 1. The average molecular weight is 368 g/mol. The van der Waals surface area contributed by atoms with Crippen LogP contribution in [-0.2, 0) is 12.8 Å². The molecule has 2 aliphatic rings. The second-order valence-corrected chi connectivity index (χ2v) is 8.60. The van der Waals surface area contributed by atoms with Gasteiger partial charge in [-0.15, -0.1) is 0 Å². The SMILES string of the molecule is CCCCN1CCC(NC(=O)c2cccc3c4c([nH]c23)CCC(C)C4)CC1. The number of aromatic amines is 1. The Kier molecular flexibility index (Phi) is 5.53. The number of hydrogen-bond donors (Lipinski definition) is 2. The molecule has 4 heteroatoms. The molecule has 4 rings (SSSR count). The molecule has 1 unspecified atom stereocenters. The number of fused-ring (bicyclic) bond motifs is 3. The van der Waals surface area contributed by atoms with Crippen LogP contribution in [0.2, 0.25) is 0 Å². The normalized spacial score (nSPS) is 21.3. The number of H-pyrrole nitrogens is 1. The van der Waals surface area contributed by atoms with E-state index in [0.717, 1.165) is 55.8 Å². The third kappa shape index (κ3) is 3.91.